The van der Waals surface area contributed by atoms with Gasteiger partial charge in [0, 0.05) is 5.39 Å². The van der Waals surface area contributed by atoms with Gasteiger partial charge in [-0.15, -0.1) is 0 Å². The number of aliphatic carboxylic acids is 1. The van der Waals surface area contributed by atoms with Gasteiger partial charge in [0.05, 0.1) is 0 Å². The van der Waals surface area contributed by atoms with Crippen LogP contribution >= 0.6 is 0 Å². The van der Waals surface area contributed by atoms with Gasteiger partial charge in [0.2, 0.25) is 0 Å². The Morgan fingerprint density at radius 1 is 1.18 bits per heavy atom. The molecule has 4 heteroatoms. The highest BCUT2D eigenvalue weighted by atomic mass is 16.5. The van der Waals surface area contributed by atoms with E-state index in [4.69, 9.17) is 9.84 Å². The summed E-state index contributed by atoms with van der Waals surface area (Å²) in [6.07, 6.45) is -0.842. The Kier molecular flexibility index (Phi) is 4.06. The Bertz CT molecular complexity index is 520. The van der Waals surface area contributed by atoms with Crippen LogP contribution in [0.3, 0.4) is 0 Å². The molecular weight excluding hydrogens is 218 g/mol. The molecule has 0 fully saturated rings. The van der Waals surface area contributed by atoms with Crippen molar-refractivity contribution in [3.8, 4) is 5.75 Å². The second-order valence-electron chi connectivity index (χ2n) is 3.58. The number of hydrogen-bond acceptors (Lipinski definition) is 2. The molecule has 0 spiro atoms. The van der Waals surface area contributed by atoms with Gasteiger partial charge in [-0.2, -0.15) is 0 Å². The third kappa shape index (κ3) is 2.73. The van der Waals surface area contributed by atoms with E-state index >= 15 is 0 Å². The number of fused-ring (bicyclic) bond motifs is 1. The van der Waals surface area contributed by atoms with Gasteiger partial charge in [0.25, 0.3) is 0 Å². The lowest BCUT2D eigenvalue weighted by Crippen LogP contribution is -2.22. The van der Waals surface area contributed by atoms with Crippen molar-refractivity contribution in [1.82, 2.24) is 6.15 Å². The number of carboxylic acids is 1. The summed E-state index contributed by atoms with van der Waals surface area (Å²) in [5.74, 6) is -0.360. The highest BCUT2D eigenvalue weighted by Crippen LogP contribution is 2.25. The van der Waals surface area contributed by atoms with Crippen LogP contribution in [0.25, 0.3) is 10.8 Å². The summed E-state index contributed by atoms with van der Waals surface area (Å²) in [6, 6.07) is 13.3. The van der Waals surface area contributed by atoms with Gasteiger partial charge < -0.3 is 16.0 Å². The van der Waals surface area contributed by atoms with E-state index in [1.807, 2.05) is 36.4 Å². The quantitative estimate of drug-likeness (QED) is 0.856. The number of ether oxygens (including phenoxy) is 1. The summed E-state index contributed by atoms with van der Waals surface area (Å²) < 4.78 is 5.39. The van der Waals surface area contributed by atoms with E-state index in [1.165, 1.54) is 6.92 Å². The van der Waals surface area contributed by atoms with Gasteiger partial charge in [0.15, 0.2) is 6.10 Å². The van der Waals surface area contributed by atoms with E-state index < -0.39 is 12.1 Å². The predicted octanol–water partition coefficient (Wildman–Crippen LogP) is 3.07. The molecule has 0 bridgehead atoms. The van der Waals surface area contributed by atoms with E-state index in [0.717, 1.165) is 10.8 Å². The Morgan fingerprint density at radius 3 is 2.53 bits per heavy atom. The zero-order chi connectivity index (χ0) is 11.5. The first kappa shape index (κ1) is 13.0. The lowest BCUT2D eigenvalue weighted by Gasteiger charge is -2.12. The fraction of sp³-hybridized carbons (Fsp3) is 0.154. The molecule has 1 atom stereocenters. The van der Waals surface area contributed by atoms with Crippen LogP contribution < -0.4 is 10.9 Å². The van der Waals surface area contributed by atoms with Gasteiger partial charge in [0.1, 0.15) is 5.75 Å². The summed E-state index contributed by atoms with van der Waals surface area (Å²) in [5.41, 5.74) is 0. The Labute approximate surface area is 99.4 Å². The van der Waals surface area contributed by atoms with Crippen molar-refractivity contribution in [3.63, 3.8) is 0 Å². The number of hydrogen-bond donors (Lipinski definition) is 2. The lowest BCUT2D eigenvalue weighted by molar-refractivity contribution is -0.144. The van der Waals surface area contributed by atoms with E-state index in [2.05, 4.69) is 0 Å². The fourth-order valence-electron chi connectivity index (χ4n) is 1.54. The van der Waals surface area contributed by atoms with Crippen LogP contribution in [-0.2, 0) is 4.79 Å². The monoisotopic (exact) mass is 234 g/mol. The van der Waals surface area contributed by atoms with Crippen LogP contribution in [0.2, 0.25) is 0 Å². The molecule has 0 amide bonds. The van der Waals surface area contributed by atoms with Crippen molar-refractivity contribution in [2.24, 2.45) is 0 Å². The molecule has 2 aromatic carbocycles. The molecule has 0 aliphatic heterocycles. The van der Waals surface area contributed by atoms with Crippen molar-refractivity contribution in [2.75, 3.05) is 0 Å². The molecule has 0 aliphatic carbocycles. The van der Waals surface area contributed by atoms with Crippen molar-refractivity contribution in [1.29, 1.82) is 0 Å². The van der Waals surface area contributed by atoms with Crippen LogP contribution in [-0.4, -0.2) is 17.2 Å². The first-order valence-corrected chi connectivity index (χ1v) is 5.05. The number of carboxylic acid groups (broad SMARTS) is 1. The second kappa shape index (κ2) is 5.32. The van der Waals surface area contributed by atoms with Gasteiger partial charge in [-0.25, -0.2) is 4.79 Å². The maximum atomic E-state index is 10.7. The Hall–Kier alpha value is -2.07. The average Bonchev–Trinajstić information content (AvgIpc) is 2.29. The molecule has 2 rings (SSSR count). The van der Waals surface area contributed by atoms with Crippen molar-refractivity contribution in [2.45, 2.75) is 13.0 Å². The molecule has 0 aliphatic rings. The molecule has 0 unspecified atom stereocenters. The summed E-state index contributed by atoms with van der Waals surface area (Å²) in [6.45, 7) is 1.52. The van der Waals surface area contributed by atoms with Crippen LogP contribution in [0, 0.1) is 0 Å². The van der Waals surface area contributed by atoms with E-state index in [9.17, 15) is 4.79 Å². The zero-order valence-electron chi connectivity index (χ0n) is 9.88. The molecule has 2 aromatic rings. The minimum Gasteiger partial charge on any atom is -0.479 e. The molecule has 4 nitrogen and oxygen atoms in total. The Balaban J connectivity index is 0.00000144. The molecule has 0 saturated carbocycles. The average molecular weight is 234 g/mol. The summed E-state index contributed by atoms with van der Waals surface area (Å²) in [4.78, 5) is 10.7. The van der Waals surface area contributed by atoms with Gasteiger partial charge in [-0.05, 0) is 18.4 Å². The molecule has 5 N–H and O–H groups in total. The van der Waals surface area contributed by atoms with Crippen LogP contribution in [0.5, 0.6) is 5.75 Å². The van der Waals surface area contributed by atoms with Crippen LogP contribution in [0.15, 0.2) is 42.5 Å². The first-order valence-electron chi connectivity index (χ1n) is 5.05. The molecule has 90 valence electrons. The SMILES string of the molecule is C[C@@H](Oc1cccc2ccccc12)C(=O)O.[NH4+]. The molecule has 17 heavy (non-hydrogen) atoms. The van der Waals surface area contributed by atoms with E-state index in [-0.39, 0.29) is 6.15 Å². The summed E-state index contributed by atoms with van der Waals surface area (Å²) >= 11 is 0. The minimum atomic E-state index is -0.965. The van der Waals surface area contributed by atoms with Crippen molar-refractivity contribution < 1.29 is 14.6 Å². The highest BCUT2D eigenvalue weighted by Gasteiger charge is 2.13. The summed E-state index contributed by atoms with van der Waals surface area (Å²) in [5, 5.41) is 10.8. The molecule has 0 radical (unpaired) electrons. The third-order valence-electron chi connectivity index (χ3n) is 2.40. The number of rotatable bonds is 3. The standard InChI is InChI=1S/C13H12O3.H3N/c1-9(13(14)15)16-12-8-4-6-10-5-2-3-7-11(10)12;/h2-9H,1H3,(H,14,15);1H3/p+1/t9-;/m1./s1. The van der Waals surface area contributed by atoms with Crippen molar-refractivity contribution in [3.05, 3.63) is 42.5 Å². The van der Waals surface area contributed by atoms with E-state index in [1.54, 1.807) is 6.07 Å². The maximum Gasteiger partial charge on any atom is 0.344 e. The second-order valence-corrected chi connectivity index (χ2v) is 3.58. The predicted molar refractivity (Wildman–Crippen MR) is 67.7 cm³/mol. The molecule has 0 saturated heterocycles. The lowest BCUT2D eigenvalue weighted by atomic mass is 10.1. The van der Waals surface area contributed by atoms with E-state index in [0.29, 0.717) is 5.75 Å². The van der Waals surface area contributed by atoms with Crippen molar-refractivity contribution >= 4 is 16.7 Å². The zero-order valence-corrected chi connectivity index (χ0v) is 9.88. The molecule has 0 heterocycles. The largest absolute Gasteiger partial charge is 0.479 e. The van der Waals surface area contributed by atoms with Crippen LogP contribution in [0.4, 0.5) is 0 Å². The van der Waals surface area contributed by atoms with Crippen LogP contribution in [0.1, 0.15) is 6.92 Å². The topological polar surface area (TPSA) is 83.0 Å². The van der Waals surface area contributed by atoms with Gasteiger partial charge >= 0.3 is 5.97 Å². The maximum absolute atomic E-state index is 10.7. The first-order chi connectivity index (χ1) is 7.68. The molecular formula is C13H16NO3+. The fourth-order valence-corrected chi connectivity index (χ4v) is 1.54. The molecule has 0 aromatic heterocycles. The summed E-state index contributed by atoms with van der Waals surface area (Å²) in [7, 11) is 0. The third-order valence-corrected chi connectivity index (χ3v) is 2.40. The highest BCUT2D eigenvalue weighted by molar-refractivity contribution is 5.88. The van der Waals surface area contributed by atoms with Gasteiger partial charge in [-0.1, -0.05) is 36.4 Å². The van der Waals surface area contributed by atoms with Gasteiger partial charge in [-0.3, -0.25) is 0 Å². The Morgan fingerprint density at radius 2 is 1.82 bits per heavy atom. The number of carbonyl (C=O) groups is 1. The number of benzene rings is 2. The smallest absolute Gasteiger partial charge is 0.344 e. The number of quaternary nitrogens is 1. The normalized spacial score (nSPS) is 11.6. The minimum absolute atomic E-state index is 0.